The number of halogens is 1. The van der Waals surface area contributed by atoms with Gasteiger partial charge in [-0.25, -0.2) is 0 Å². The number of nitrogens with one attached hydrogen (secondary N) is 2. The molecule has 0 bridgehead atoms. The molecule has 9 nitrogen and oxygen atoms in total. The van der Waals surface area contributed by atoms with Crippen LogP contribution in [-0.2, 0) is 6.54 Å². The lowest BCUT2D eigenvalue weighted by Gasteiger charge is -2.15. The van der Waals surface area contributed by atoms with Crippen molar-refractivity contribution in [3.8, 4) is 28.7 Å². The number of ether oxygens (including phenoxy) is 3. The van der Waals surface area contributed by atoms with E-state index in [9.17, 15) is 9.59 Å². The molecule has 2 N–H and O–H groups in total. The van der Waals surface area contributed by atoms with Gasteiger partial charge in [0.25, 0.3) is 11.5 Å². The minimum atomic E-state index is -0.482. The fourth-order valence-electron chi connectivity index (χ4n) is 4.26. The van der Waals surface area contributed by atoms with Crippen LogP contribution in [-0.4, -0.2) is 22.5 Å². The van der Waals surface area contributed by atoms with Crippen molar-refractivity contribution in [2.75, 3.05) is 12.1 Å². The van der Waals surface area contributed by atoms with E-state index in [1.165, 1.54) is 10.9 Å². The largest absolute Gasteiger partial charge is 0.454 e. The zero-order chi connectivity index (χ0) is 28.2. The van der Waals surface area contributed by atoms with E-state index in [-0.39, 0.29) is 24.1 Å². The molecule has 5 aromatic rings. The molecular weight excluding hydrogens is 544 g/mol. The number of amides is 1. The van der Waals surface area contributed by atoms with Crippen molar-refractivity contribution in [1.29, 1.82) is 0 Å². The average Bonchev–Trinajstić information content (AvgIpc) is 3.47. The summed E-state index contributed by atoms with van der Waals surface area (Å²) >= 11 is 6.36. The van der Waals surface area contributed by atoms with Crippen LogP contribution in [0.5, 0.6) is 23.0 Å². The van der Waals surface area contributed by atoms with Crippen molar-refractivity contribution in [3.63, 3.8) is 0 Å². The number of para-hydroxylation sites is 2. The number of benzene rings is 4. The maximum Gasteiger partial charge on any atom is 0.299 e. The minimum Gasteiger partial charge on any atom is -0.454 e. The lowest BCUT2D eigenvalue weighted by Crippen LogP contribution is -2.24. The molecule has 2 heterocycles. The summed E-state index contributed by atoms with van der Waals surface area (Å²) in [7, 11) is 0. The molecule has 1 aliphatic heterocycles. The van der Waals surface area contributed by atoms with Gasteiger partial charge in [0, 0.05) is 17.8 Å². The summed E-state index contributed by atoms with van der Waals surface area (Å²) in [5.41, 5.74) is 1.85. The second-order valence-corrected chi connectivity index (χ2v) is 9.45. The molecule has 0 radical (unpaired) electrons. The van der Waals surface area contributed by atoms with E-state index in [0.29, 0.717) is 45.8 Å². The molecule has 0 unspecified atom stereocenters. The number of carbonyl (C=O) groups is 1. The van der Waals surface area contributed by atoms with Crippen LogP contribution in [0, 0.1) is 0 Å². The van der Waals surface area contributed by atoms with E-state index in [1.54, 1.807) is 60.7 Å². The van der Waals surface area contributed by atoms with E-state index >= 15 is 0 Å². The number of nitrogens with zero attached hydrogens (tertiary/aromatic N) is 2. The van der Waals surface area contributed by atoms with Crippen molar-refractivity contribution in [2.45, 2.75) is 6.54 Å². The fraction of sp³-hybridized carbons (Fsp3) is 0.0645. The summed E-state index contributed by atoms with van der Waals surface area (Å²) in [6.07, 6.45) is 1.45. The Morgan fingerprint density at radius 1 is 0.927 bits per heavy atom. The maximum absolute atomic E-state index is 13.7. The van der Waals surface area contributed by atoms with Crippen LogP contribution < -0.4 is 30.4 Å². The first kappa shape index (κ1) is 26.0. The lowest BCUT2D eigenvalue weighted by atomic mass is 10.1. The molecule has 4 aromatic carbocycles. The third-order valence-corrected chi connectivity index (χ3v) is 6.60. The van der Waals surface area contributed by atoms with Crippen molar-refractivity contribution in [1.82, 2.24) is 15.1 Å². The molecule has 0 saturated carbocycles. The van der Waals surface area contributed by atoms with Gasteiger partial charge in [0.2, 0.25) is 6.79 Å². The number of anilines is 2. The molecule has 1 aliphatic rings. The molecule has 10 heteroatoms. The monoisotopic (exact) mass is 566 g/mol. The van der Waals surface area contributed by atoms with Crippen LogP contribution in [0.2, 0.25) is 5.02 Å². The fourth-order valence-corrected chi connectivity index (χ4v) is 4.48. The molecule has 204 valence electrons. The van der Waals surface area contributed by atoms with Crippen LogP contribution in [0.25, 0.3) is 5.69 Å². The summed E-state index contributed by atoms with van der Waals surface area (Å²) in [5, 5.41) is 10.7. The van der Waals surface area contributed by atoms with E-state index in [1.807, 2.05) is 36.4 Å². The van der Waals surface area contributed by atoms with E-state index in [0.717, 1.165) is 5.56 Å². The molecule has 0 aliphatic carbocycles. The van der Waals surface area contributed by atoms with Gasteiger partial charge in [0.1, 0.15) is 5.75 Å². The molecule has 6 rings (SSSR count). The molecule has 1 amide bonds. The molecule has 1 aromatic heterocycles. The Morgan fingerprint density at radius 3 is 2.59 bits per heavy atom. The Morgan fingerprint density at radius 2 is 1.73 bits per heavy atom. The third kappa shape index (κ3) is 5.70. The van der Waals surface area contributed by atoms with Crippen molar-refractivity contribution >= 4 is 28.9 Å². The van der Waals surface area contributed by atoms with Crippen molar-refractivity contribution < 1.29 is 19.0 Å². The van der Waals surface area contributed by atoms with Gasteiger partial charge in [0.15, 0.2) is 22.9 Å². The van der Waals surface area contributed by atoms with Gasteiger partial charge in [0.05, 0.1) is 16.9 Å². The van der Waals surface area contributed by atoms with Gasteiger partial charge < -0.3 is 24.8 Å². The van der Waals surface area contributed by atoms with Gasteiger partial charge in [-0.3, -0.25) is 9.59 Å². The molecular formula is C31H23ClN4O5. The summed E-state index contributed by atoms with van der Waals surface area (Å²) in [6, 6.07) is 28.3. The standard InChI is InChI=1S/C31H23ClN4O5/c32-24-11-4-5-12-25(24)36-31(38)29(28(18-34-36)41-23-9-2-1-3-10-23)35-22-8-6-7-21(16-22)30(37)33-17-20-13-14-26-27(15-20)40-19-39-26/h1-16,18,35H,17,19H2,(H,33,37). The number of hydrogen-bond acceptors (Lipinski definition) is 7. The summed E-state index contributed by atoms with van der Waals surface area (Å²) in [6.45, 7) is 0.485. The van der Waals surface area contributed by atoms with Gasteiger partial charge in [-0.05, 0) is 60.2 Å². The van der Waals surface area contributed by atoms with Crippen molar-refractivity contribution in [2.24, 2.45) is 0 Å². The second-order valence-electron chi connectivity index (χ2n) is 9.04. The molecule has 0 spiro atoms. The highest BCUT2D eigenvalue weighted by Gasteiger charge is 2.18. The van der Waals surface area contributed by atoms with Crippen molar-refractivity contribution in [3.05, 3.63) is 130 Å². The van der Waals surface area contributed by atoms with E-state index < -0.39 is 5.56 Å². The highest BCUT2D eigenvalue weighted by atomic mass is 35.5. The SMILES string of the molecule is O=C(NCc1ccc2c(c1)OCO2)c1cccc(Nc2c(Oc3ccccc3)cnn(-c3ccccc3Cl)c2=O)c1. The van der Waals surface area contributed by atoms with Crippen LogP contribution in [0.4, 0.5) is 11.4 Å². The van der Waals surface area contributed by atoms with Crippen LogP contribution in [0.3, 0.4) is 0 Å². The quantitative estimate of drug-likeness (QED) is 0.234. The topological polar surface area (TPSA) is 104 Å². The smallest absolute Gasteiger partial charge is 0.299 e. The average molecular weight is 567 g/mol. The third-order valence-electron chi connectivity index (χ3n) is 6.28. The molecule has 41 heavy (non-hydrogen) atoms. The minimum absolute atomic E-state index is 0.127. The number of aromatic nitrogens is 2. The summed E-state index contributed by atoms with van der Waals surface area (Å²) in [5.74, 6) is 1.79. The maximum atomic E-state index is 13.7. The van der Waals surface area contributed by atoms with Crippen LogP contribution in [0.1, 0.15) is 15.9 Å². The molecule has 0 fully saturated rings. The highest BCUT2D eigenvalue weighted by molar-refractivity contribution is 6.32. The Kier molecular flexibility index (Phi) is 7.25. The van der Waals surface area contributed by atoms with E-state index in [2.05, 4.69) is 15.7 Å². The van der Waals surface area contributed by atoms with Gasteiger partial charge in [-0.2, -0.15) is 9.78 Å². The number of rotatable bonds is 8. The number of hydrogen-bond donors (Lipinski definition) is 2. The number of fused-ring (bicyclic) bond motifs is 1. The Balaban J connectivity index is 1.27. The zero-order valence-corrected chi connectivity index (χ0v) is 22.3. The summed E-state index contributed by atoms with van der Waals surface area (Å²) < 4.78 is 18.0. The lowest BCUT2D eigenvalue weighted by molar-refractivity contribution is 0.0951. The Labute approximate surface area is 239 Å². The first-order chi connectivity index (χ1) is 20.0. The number of carbonyl (C=O) groups excluding carboxylic acids is 1. The van der Waals surface area contributed by atoms with Gasteiger partial charge >= 0.3 is 0 Å². The first-order valence-corrected chi connectivity index (χ1v) is 13.1. The van der Waals surface area contributed by atoms with Gasteiger partial charge in [-0.15, -0.1) is 0 Å². The predicted molar refractivity (Wildman–Crippen MR) is 155 cm³/mol. The first-order valence-electron chi connectivity index (χ1n) is 12.7. The van der Waals surface area contributed by atoms with Gasteiger partial charge in [-0.1, -0.05) is 54.1 Å². The zero-order valence-electron chi connectivity index (χ0n) is 21.5. The molecule has 0 saturated heterocycles. The van der Waals surface area contributed by atoms with E-state index in [4.69, 9.17) is 25.8 Å². The predicted octanol–water partition coefficient (Wildman–Crippen LogP) is 6.08. The second kappa shape index (κ2) is 11.4. The Hall–Kier alpha value is -5.28. The van der Waals surface area contributed by atoms with Crippen LogP contribution in [0.15, 0.2) is 108 Å². The highest BCUT2D eigenvalue weighted by Crippen LogP contribution is 2.33. The Bertz CT molecular complexity index is 1790. The normalized spacial score (nSPS) is 11.6. The summed E-state index contributed by atoms with van der Waals surface area (Å²) in [4.78, 5) is 26.7. The molecule has 0 atom stereocenters. The van der Waals surface area contributed by atoms with Crippen LogP contribution >= 0.6 is 11.6 Å².